The van der Waals surface area contributed by atoms with Crippen LogP contribution in [0.4, 0.5) is 0 Å². The molecule has 4 aromatic heterocycles. The van der Waals surface area contributed by atoms with Gasteiger partial charge in [-0.3, -0.25) is 18.7 Å². The minimum absolute atomic E-state index is 0.0327. The third-order valence-electron chi connectivity index (χ3n) is 6.14. The van der Waals surface area contributed by atoms with Gasteiger partial charge in [0.15, 0.2) is 5.22 Å². The molecule has 0 aromatic carbocycles. The predicted octanol–water partition coefficient (Wildman–Crippen LogP) is 2.68. The molecule has 0 bridgehead atoms. The molecule has 0 unspecified atom stereocenters. The quantitative estimate of drug-likeness (QED) is 0.393. The molecular weight excluding hydrogens is 526 g/mol. The Morgan fingerprint density at radius 2 is 2.08 bits per heavy atom. The van der Waals surface area contributed by atoms with Crippen molar-refractivity contribution in [1.29, 1.82) is 0 Å². The first-order valence-electron chi connectivity index (χ1n) is 11.1. The molecule has 36 heavy (non-hydrogen) atoms. The number of aryl methyl sites for hydroxylation is 2. The highest BCUT2D eigenvalue weighted by Gasteiger charge is 2.38. The van der Waals surface area contributed by atoms with Crippen LogP contribution in [0.5, 0.6) is 0 Å². The fraction of sp³-hybridized carbons (Fsp3) is 0.391. The van der Waals surface area contributed by atoms with Gasteiger partial charge >= 0.3 is 5.69 Å². The van der Waals surface area contributed by atoms with Crippen LogP contribution in [0.2, 0.25) is 5.22 Å². The van der Waals surface area contributed by atoms with Gasteiger partial charge in [0.1, 0.15) is 22.6 Å². The van der Waals surface area contributed by atoms with Crippen molar-refractivity contribution in [2.24, 2.45) is 14.1 Å². The Morgan fingerprint density at radius 1 is 1.31 bits per heavy atom. The number of aromatic nitrogens is 4. The molecule has 190 valence electrons. The van der Waals surface area contributed by atoms with Crippen molar-refractivity contribution in [1.82, 2.24) is 24.0 Å². The zero-order chi connectivity index (χ0) is 25.7. The molecular formula is C23H24ClN5O5S2. The Morgan fingerprint density at radius 3 is 2.72 bits per heavy atom. The highest BCUT2D eigenvalue weighted by Crippen LogP contribution is 2.49. The van der Waals surface area contributed by atoms with E-state index < -0.39 is 5.69 Å². The molecule has 10 nitrogen and oxygen atoms in total. The SMILES string of the molecule is COCC(=O)NC[C@H]1Cn2c(-c3nc(C)cs3)c3c(=O)n(C)c(=O)n(C)c3c2[C@@H](c2ccc(Cl)o2)S1. The van der Waals surface area contributed by atoms with Crippen LogP contribution >= 0.6 is 34.7 Å². The minimum Gasteiger partial charge on any atom is -0.448 e. The third kappa shape index (κ3) is 4.11. The van der Waals surface area contributed by atoms with E-state index in [2.05, 4.69) is 14.9 Å². The number of thioether (sulfide) groups is 1. The van der Waals surface area contributed by atoms with Crippen LogP contribution in [0.15, 0.2) is 31.5 Å². The summed E-state index contributed by atoms with van der Waals surface area (Å²) in [6.45, 7) is 2.72. The van der Waals surface area contributed by atoms with Crippen LogP contribution in [-0.4, -0.2) is 50.1 Å². The Hall–Kier alpha value is -2.80. The van der Waals surface area contributed by atoms with E-state index in [-0.39, 0.29) is 33.8 Å². The zero-order valence-corrected chi connectivity index (χ0v) is 22.4. The molecule has 5 rings (SSSR count). The molecule has 0 saturated heterocycles. The number of carbonyl (C=O) groups is 1. The average molecular weight is 550 g/mol. The van der Waals surface area contributed by atoms with Crippen molar-refractivity contribution in [2.75, 3.05) is 20.3 Å². The lowest BCUT2D eigenvalue weighted by atomic mass is 10.2. The number of nitrogens with zero attached hydrogens (tertiary/aromatic N) is 4. The van der Waals surface area contributed by atoms with Gasteiger partial charge in [0, 0.05) is 50.6 Å². The van der Waals surface area contributed by atoms with Crippen molar-refractivity contribution in [3.05, 3.63) is 60.7 Å². The summed E-state index contributed by atoms with van der Waals surface area (Å²) in [5.41, 5.74) is 1.99. The number of rotatable bonds is 6. The second-order valence-electron chi connectivity index (χ2n) is 8.58. The maximum atomic E-state index is 13.5. The first-order valence-corrected chi connectivity index (χ1v) is 13.3. The second kappa shape index (κ2) is 9.58. The number of carbonyl (C=O) groups excluding carboxylic acids is 1. The van der Waals surface area contributed by atoms with Crippen LogP contribution < -0.4 is 16.6 Å². The van der Waals surface area contributed by atoms with E-state index in [1.54, 1.807) is 30.9 Å². The Balaban J connectivity index is 1.79. The third-order valence-corrected chi connectivity index (χ3v) is 8.74. The van der Waals surface area contributed by atoms with Crippen LogP contribution in [0, 0.1) is 6.92 Å². The predicted molar refractivity (Wildman–Crippen MR) is 140 cm³/mol. The highest BCUT2D eigenvalue weighted by atomic mass is 35.5. The second-order valence-corrected chi connectivity index (χ2v) is 11.2. The Labute approximate surface area is 218 Å². The summed E-state index contributed by atoms with van der Waals surface area (Å²) in [6, 6.07) is 3.46. The van der Waals surface area contributed by atoms with E-state index in [0.29, 0.717) is 40.5 Å². The number of nitrogens with one attached hydrogen (secondary N) is 1. The number of hydrogen-bond acceptors (Lipinski definition) is 8. The summed E-state index contributed by atoms with van der Waals surface area (Å²) in [6.07, 6.45) is 0. The maximum Gasteiger partial charge on any atom is 0.331 e. The van der Waals surface area contributed by atoms with Gasteiger partial charge in [0.2, 0.25) is 5.91 Å². The van der Waals surface area contributed by atoms with Crippen molar-refractivity contribution >= 4 is 51.5 Å². The smallest absolute Gasteiger partial charge is 0.331 e. The molecule has 2 atom stereocenters. The van der Waals surface area contributed by atoms with Gasteiger partial charge < -0.3 is 19.0 Å². The summed E-state index contributed by atoms with van der Waals surface area (Å²) in [5.74, 6) is 0.375. The summed E-state index contributed by atoms with van der Waals surface area (Å²) in [5, 5.41) is 5.73. The molecule has 1 aliphatic heterocycles. The van der Waals surface area contributed by atoms with Gasteiger partial charge in [-0.05, 0) is 30.7 Å². The van der Waals surface area contributed by atoms with E-state index >= 15 is 0 Å². The molecule has 0 spiro atoms. The maximum absolute atomic E-state index is 13.5. The fourth-order valence-corrected chi connectivity index (χ4v) is 7.01. The number of thiazole rings is 1. The number of amides is 1. The molecule has 0 saturated carbocycles. The van der Waals surface area contributed by atoms with Crippen LogP contribution in [0.3, 0.4) is 0 Å². The van der Waals surface area contributed by atoms with Gasteiger partial charge in [-0.15, -0.1) is 23.1 Å². The Bertz CT molecular complexity index is 1600. The van der Waals surface area contributed by atoms with E-state index in [1.165, 1.54) is 30.1 Å². The highest BCUT2D eigenvalue weighted by molar-refractivity contribution is 8.00. The first-order chi connectivity index (χ1) is 17.2. The van der Waals surface area contributed by atoms with Gasteiger partial charge in [-0.25, -0.2) is 9.78 Å². The average Bonchev–Trinajstić information content (AvgIpc) is 3.56. The molecule has 1 N–H and O–H groups in total. The zero-order valence-electron chi connectivity index (χ0n) is 20.0. The molecule has 5 heterocycles. The van der Waals surface area contributed by atoms with Gasteiger partial charge in [0.05, 0.1) is 22.3 Å². The van der Waals surface area contributed by atoms with Crippen molar-refractivity contribution in [3.63, 3.8) is 0 Å². The summed E-state index contributed by atoms with van der Waals surface area (Å²) < 4.78 is 15.4. The molecule has 0 radical (unpaired) electrons. The normalized spacial score (nSPS) is 17.5. The number of ether oxygens (including phenoxy) is 1. The molecule has 1 amide bonds. The summed E-state index contributed by atoms with van der Waals surface area (Å²) >= 11 is 9.16. The van der Waals surface area contributed by atoms with E-state index in [0.717, 1.165) is 16.0 Å². The topological polar surface area (TPSA) is 113 Å². The van der Waals surface area contributed by atoms with E-state index in [1.807, 2.05) is 12.3 Å². The number of halogens is 1. The lowest BCUT2D eigenvalue weighted by Gasteiger charge is -2.31. The van der Waals surface area contributed by atoms with E-state index in [9.17, 15) is 14.4 Å². The standard InChI is InChI=1S/C23H24ClN5O5S2/c1-11-10-35-21(26-11)18-16-17(27(2)23(32)28(3)22(16)31)19-20(13-5-6-14(24)34-13)36-12(8-29(18)19)7-25-15(30)9-33-4/h5-6,10,12,20H,7-9H2,1-4H3,(H,25,30)/t12-,20+/m0/s1. The largest absolute Gasteiger partial charge is 0.448 e. The van der Waals surface area contributed by atoms with Crippen LogP contribution in [0.1, 0.15) is 22.4 Å². The summed E-state index contributed by atoms with van der Waals surface area (Å²) in [4.78, 5) is 43.3. The lowest BCUT2D eigenvalue weighted by Crippen LogP contribution is -2.38. The minimum atomic E-state index is -0.419. The number of methoxy groups -OCH3 is 1. The Kier molecular flexibility index (Phi) is 6.62. The molecule has 13 heteroatoms. The molecule has 1 aliphatic rings. The lowest BCUT2D eigenvalue weighted by molar-refractivity contribution is -0.124. The number of fused-ring (bicyclic) bond motifs is 3. The molecule has 4 aromatic rings. The van der Waals surface area contributed by atoms with Gasteiger partial charge in [-0.1, -0.05) is 0 Å². The van der Waals surface area contributed by atoms with Crippen molar-refractivity contribution in [3.8, 4) is 10.7 Å². The first kappa shape index (κ1) is 24.9. The van der Waals surface area contributed by atoms with Crippen LogP contribution in [0.25, 0.3) is 21.6 Å². The monoisotopic (exact) mass is 549 g/mol. The van der Waals surface area contributed by atoms with E-state index in [4.69, 9.17) is 20.8 Å². The fourth-order valence-electron chi connectivity index (χ4n) is 4.58. The summed E-state index contributed by atoms with van der Waals surface area (Å²) in [7, 11) is 4.61. The van der Waals surface area contributed by atoms with Crippen LogP contribution in [-0.2, 0) is 30.2 Å². The van der Waals surface area contributed by atoms with Gasteiger partial charge in [0.25, 0.3) is 5.56 Å². The van der Waals surface area contributed by atoms with Gasteiger partial charge in [-0.2, -0.15) is 0 Å². The van der Waals surface area contributed by atoms with Crippen molar-refractivity contribution in [2.45, 2.75) is 24.0 Å². The molecule has 0 aliphatic carbocycles. The van der Waals surface area contributed by atoms with Crippen molar-refractivity contribution < 1.29 is 13.9 Å². The number of hydrogen-bond donors (Lipinski definition) is 1. The number of furan rings is 1. The molecule has 0 fully saturated rings.